The summed E-state index contributed by atoms with van der Waals surface area (Å²) in [4.78, 5) is 25.5. The fraction of sp³-hybridized carbons (Fsp3) is 0.579. The molecule has 0 aromatic rings. The molecule has 25 heavy (non-hydrogen) atoms. The third-order valence-corrected chi connectivity index (χ3v) is 4.42. The Labute approximate surface area is 155 Å². The molecule has 0 bridgehead atoms. The Kier molecular flexibility index (Phi) is 7.74. The molecule has 1 rings (SSSR count). The van der Waals surface area contributed by atoms with Crippen molar-refractivity contribution in [1.82, 2.24) is 4.90 Å². The van der Waals surface area contributed by atoms with Crippen LogP contribution in [0.1, 0.15) is 46.5 Å². The molecule has 0 spiro atoms. The Morgan fingerprint density at radius 2 is 1.92 bits per heavy atom. The average molecular weight is 370 g/mol. The molecule has 1 fully saturated rings. The van der Waals surface area contributed by atoms with E-state index < -0.39 is 17.0 Å². The molecule has 0 aliphatic carbocycles. The van der Waals surface area contributed by atoms with Gasteiger partial charge in [-0.1, -0.05) is 30.3 Å². The number of likely N-dealkylation sites (tertiary alicyclic amines) is 1. The van der Waals surface area contributed by atoms with Crippen LogP contribution in [0.2, 0.25) is 0 Å². The van der Waals surface area contributed by atoms with Crippen LogP contribution in [0.25, 0.3) is 0 Å². The van der Waals surface area contributed by atoms with Crippen molar-refractivity contribution in [1.29, 1.82) is 0 Å². The zero-order valence-electron chi connectivity index (χ0n) is 15.3. The van der Waals surface area contributed by atoms with Gasteiger partial charge in [0.15, 0.2) is 0 Å². The van der Waals surface area contributed by atoms with Gasteiger partial charge in [-0.2, -0.15) is 0 Å². The van der Waals surface area contributed by atoms with Gasteiger partial charge < -0.3 is 14.7 Å². The second-order valence-corrected chi connectivity index (χ2v) is 7.72. The van der Waals surface area contributed by atoms with Crippen molar-refractivity contribution in [2.45, 2.75) is 52.1 Å². The van der Waals surface area contributed by atoms with Crippen LogP contribution in [0.3, 0.4) is 0 Å². The minimum Gasteiger partial charge on any atom is -0.481 e. The number of aliphatic carboxylic acids is 1. The van der Waals surface area contributed by atoms with Crippen molar-refractivity contribution >= 4 is 23.7 Å². The van der Waals surface area contributed by atoms with Gasteiger partial charge in [-0.05, 0) is 58.6 Å². The van der Waals surface area contributed by atoms with E-state index in [2.05, 4.69) is 6.58 Å². The number of amides is 1. The molecule has 1 aliphatic rings. The number of rotatable bonds is 6. The summed E-state index contributed by atoms with van der Waals surface area (Å²) in [5.41, 5.74) is -1.36. The second-order valence-electron chi connectivity index (χ2n) is 7.28. The summed E-state index contributed by atoms with van der Waals surface area (Å²) < 4.78 is 5.35. The lowest BCUT2D eigenvalue weighted by Crippen LogP contribution is -2.47. The van der Waals surface area contributed by atoms with Gasteiger partial charge in [-0.15, -0.1) is 0 Å². The minimum absolute atomic E-state index is 0.382. The van der Waals surface area contributed by atoms with E-state index in [0.717, 1.165) is 0 Å². The summed E-state index contributed by atoms with van der Waals surface area (Å²) in [6.45, 7) is 9.79. The quantitative estimate of drug-likeness (QED) is 0.687. The van der Waals surface area contributed by atoms with Gasteiger partial charge in [0.25, 0.3) is 0 Å². The predicted molar refractivity (Wildman–Crippen MR) is 99.6 cm³/mol. The molecule has 1 aliphatic heterocycles. The number of nitrogens with zero attached hydrogens (tertiary/aromatic N) is 1. The van der Waals surface area contributed by atoms with Crippen LogP contribution in [0, 0.1) is 5.41 Å². The number of hydrogen-bond acceptors (Lipinski definition) is 3. The first-order valence-electron chi connectivity index (χ1n) is 8.46. The Hall–Kier alpha value is -1.75. The minimum atomic E-state index is -0.808. The maximum atomic E-state index is 12.1. The molecule has 0 unspecified atom stereocenters. The van der Waals surface area contributed by atoms with Gasteiger partial charge in [0.1, 0.15) is 5.60 Å². The number of carboxylic acids is 1. The number of carboxylic acid groups (broad SMARTS) is 1. The van der Waals surface area contributed by atoms with Gasteiger partial charge >= 0.3 is 12.1 Å². The van der Waals surface area contributed by atoms with Crippen molar-refractivity contribution < 1.29 is 19.4 Å². The van der Waals surface area contributed by atoms with Crippen LogP contribution in [0.15, 0.2) is 35.9 Å². The molecule has 0 aromatic heterocycles. The number of carbonyl (C=O) groups excluding carboxylic acids is 1. The molecule has 140 valence electrons. The number of hydrogen-bond donors (Lipinski definition) is 1. The monoisotopic (exact) mass is 369 g/mol. The first-order valence-corrected chi connectivity index (χ1v) is 8.83. The molecular formula is C19H28ClNO4. The number of halogens is 1. The van der Waals surface area contributed by atoms with Crippen molar-refractivity contribution in [3.8, 4) is 0 Å². The van der Waals surface area contributed by atoms with Gasteiger partial charge in [0.2, 0.25) is 0 Å². The highest BCUT2D eigenvalue weighted by molar-refractivity contribution is 6.31. The molecule has 1 saturated heterocycles. The molecule has 0 aromatic carbocycles. The van der Waals surface area contributed by atoms with E-state index in [9.17, 15) is 14.7 Å². The maximum Gasteiger partial charge on any atom is 0.410 e. The normalized spacial score (nSPS) is 18.2. The molecule has 1 heterocycles. The third kappa shape index (κ3) is 6.94. The van der Waals surface area contributed by atoms with Gasteiger partial charge in [-0.3, -0.25) is 4.79 Å². The van der Waals surface area contributed by atoms with E-state index in [-0.39, 0.29) is 6.09 Å². The van der Waals surface area contributed by atoms with Gasteiger partial charge in [-0.25, -0.2) is 4.79 Å². The SMILES string of the molecule is C=C/C=C(Cl)\C=C/CCC1(C(=O)O)CCN(C(=O)OC(C)(C)C)CC1. The molecule has 1 amide bonds. The lowest BCUT2D eigenvalue weighted by Gasteiger charge is -2.39. The lowest BCUT2D eigenvalue weighted by atomic mass is 9.75. The van der Waals surface area contributed by atoms with E-state index in [4.69, 9.17) is 16.3 Å². The van der Waals surface area contributed by atoms with E-state index in [1.54, 1.807) is 23.1 Å². The highest BCUT2D eigenvalue weighted by atomic mass is 35.5. The Balaban J connectivity index is 2.62. The fourth-order valence-corrected chi connectivity index (χ4v) is 2.92. The summed E-state index contributed by atoms with van der Waals surface area (Å²) in [5.74, 6) is -0.808. The lowest BCUT2D eigenvalue weighted by molar-refractivity contribution is -0.152. The number of piperidine rings is 1. The first-order chi connectivity index (χ1) is 11.6. The van der Waals surface area contributed by atoms with Crippen LogP contribution in [0.5, 0.6) is 0 Å². The van der Waals surface area contributed by atoms with Crippen molar-refractivity contribution in [3.63, 3.8) is 0 Å². The first kappa shape index (κ1) is 21.3. The fourth-order valence-electron chi connectivity index (χ4n) is 2.74. The van der Waals surface area contributed by atoms with Crippen LogP contribution < -0.4 is 0 Å². The van der Waals surface area contributed by atoms with E-state index in [1.807, 2.05) is 26.8 Å². The highest BCUT2D eigenvalue weighted by Gasteiger charge is 2.42. The van der Waals surface area contributed by atoms with E-state index in [0.29, 0.717) is 43.8 Å². The number of carbonyl (C=O) groups is 2. The molecule has 6 heteroatoms. The second kappa shape index (κ2) is 9.09. The number of ether oxygens (including phenoxy) is 1. The smallest absolute Gasteiger partial charge is 0.410 e. The molecular weight excluding hydrogens is 342 g/mol. The summed E-state index contributed by atoms with van der Waals surface area (Å²) in [7, 11) is 0. The molecule has 1 N–H and O–H groups in total. The van der Waals surface area contributed by atoms with Crippen LogP contribution in [0.4, 0.5) is 4.79 Å². The predicted octanol–water partition coefficient (Wildman–Crippen LogP) is 4.73. The summed E-state index contributed by atoms with van der Waals surface area (Å²) >= 11 is 5.94. The van der Waals surface area contributed by atoms with Gasteiger partial charge in [0, 0.05) is 18.1 Å². The van der Waals surface area contributed by atoms with Crippen LogP contribution >= 0.6 is 11.6 Å². The van der Waals surface area contributed by atoms with Crippen LogP contribution in [-0.4, -0.2) is 40.8 Å². The molecule has 5 nitrogen and oxygen atoms in total. The highest BCUT2D eigenvalue weighted by Crippen LogP contribution is 2.37. The Morgan fingerprint density at radius 3 is 2.40 bits per heavy atom. The zero-order chi connectivity index (χ0) is 19.1. The van der Waals surface area contributed by atoms with Crippen molar-refractivity contribution in [2.24, 2.45) is 5.41 Å². The molecule has 0 atom stereocenters. The average Bonchev–Trinajstić information content (AvgIpc) is 2.50. The third-order valence-electron chi connectivity index (χ3n) is 4.17. The van der Waals surface area contributed by atoms with E-state index >= 15 is 0 Å². The Bertz CT molecular complexity index is 552. The standard InChI is InChI=1S/C19H28ClNO4/c1-5-8-15(20)9-6-7-10-19(16(22)23)11-13-21(14-12-19)17(24)25-18(2,3)4/h5-6,8-9H,1,7,10-14H2,2-4H3,(H,22,23)/b9-6-,15-8+. The largest absolute Gasteiger partial charge is 0.481 e. The van der Waals surface area contributed by atoms with Crippen LogP contribution in [-0.2, 0) is 9.53 Å². The summed E-state index contributed by atoms with van der Waals surface area (Å²) in [6.07, 6.45) is 8.47. The molecule has 0 saturated carbocycles. The Morgan fingerprint density at radius 1 is 1.32 bits per heavy atom. The maximum absolute atomic E-state index is 12.1. The van der Waals surface area contributed by atoms with Crippen molar-refractivity contribution in [3.05, 3.63) is 35.9 Å². The van der Waals surface area contributed by atoms with Crippen molar-refractivity contribution in [2.75, 3.05) is 13.1 Å². The summed E-state index contributed by atoms with van der Waals surface area (Å²) in [5, 5.41) is 10.2. The molecule has 0 radical (unpaired) electrons. The van der Waals surface area contributed by atoms with Gasteiger partial charge in [0.05, 0.1) is 5.41 Å². The van der Waals surface area contributed by atoms with E-state index in [1.165, 1.54) is 0 Å². The number of allylic oxidation sites excluding steroid dienone is 5. The zero-order valence-corrected chi connectivity index (χ0v) is 16.0. The summed E-state index contributed by atoms with van der Waals surface area (Å²) in [6, 6.07) is 0. The topological polar surface area (TPSA) is 66.8 Å².